The third-order valence-corrected chi connectivity index (χ3v) is 16.0. The molecule has 0 aliphatic rings. The molecule has 0 aliphatic heterocycles. The summed E-state index contributed by atoms with van der Waals surface area (Å²) in [6.45, 7) is 4.17. The Kier molecular flexibility index (Phi) is 67.0. The Labute approximate surface area is 602 Å². The number of unbranched alkanes of at least 4 members (excludes halogenated alkanes) is 9. The lowest BCUT2D eigenvalue weighted by Crippen LogP contribution is -2.30. The van der Waals surface area contributed by atoms with E-state index in [1.807, 2.05) is 36.5 Å². The first-order valence-electron chi connectivity index (χ1n) is 36.7. The van der Waals surface area contributed by atoms with Gasteiger partial charge in [0.15, 0.2) is 12.2 Å². The van der Waals surface area contributed by atoms with Crippen LogP contribution in [0.25, 0.3) is 0 Å². The molecule has 562 valence electrons. The van der Waals surface area contributed by atoms with Crippen LogP contribution in [0.15, 0.2) is 194 Å². The van der Waals surface area contributed by atoms with Crippen LogP contribution in [0.3, 0.4) is 0 Å². The molecule has 0 aromatic heterocycles. The number of ether oxygens (including phenoxy) is 4. The van der Waals surface area contributed by atoms with Crippen molar-refractivity contribution in [3.63, 3.8) is 0 Å². The van der Waals surface area contributed by atoms with Gasteiger partial charge in [0.2, 0.25) is 0 Å². The number of aliphatic hydroxyl groups is 1. The lowest BCUT2D eigenvalue weighted by Gasteiger charge is -2.21. The minimum absolute atomic E-state index is 0.0544. The Morgan fingerprint density at radius 2 is 0.570 bits per heavy atom. The quantitative estimate of drug-likeness (QED) is 0.0169. The van der Waals surface area contributed by atoms with Crippen molar-refractivity contribution in [3.05, 3.63) is 194 Å². The van der Waals surface area contributed by atoms with E-state index in [9.17, 15) is 43.2 Å². The van der Waals surface area contributed by atoms with E-state index in [0.29, 0.717) is 38.5 Å². The molecule has 19 heteroatoms. The molecule has 0 radical (unpaired) electrons. The lowest BCUT2D eigenvalue weighted by molar-refractivity contribution is -0.161. The summed E-state index contributed by atoms with van der Waals surface area (Å²) in [5.74, 6) is -2.50. The molecule has 100 heavy (non-hydrogen) atoms. The fourth-order valence-electron chi connectivity index (χ4n) is 8.58. The molecular formula is C81H126O17P2. The molecule has 0 saturated heterocycles. The number of hydrogen-bond donors (Lipinski definition) is 3. The average Bonchev–Trinajstić information content (AvgIpc) is 1.02. The highest BCUT2D eigenvalue weighted by molar-refractivity contribution is 7.47. The van der Waals surface area contributed by atoms with Crippen molar-refractivity contribution in [1.29, 1.82) is 0 Å². The highest BCUT2D eigenvalue weighted by Crippen LogP contribution is 2.45. The van der Waals surface area contributed by atoms with Crippen LogP contribution in [-0.4, -0.2) is 96.7 Å². The molecular weight excluding hydrogens is 1310 g/mol. The molecule has 3 N–H and O–H groups in total. The first-order chi connectivity index (χ1) is 48.7. The minimum atomic E-state index is -5.02. The second kappa shape index (κ2) is 71.3. The standard InChI is InChI=1S/C81H126O17P2/c1-5-9-13-17-21-25-29-32-35-37-40-42-46-49-53-57-61-65-78(83)91-71-76(97-80(85)67-63-59-55-51-45-28-24-20-16-12-8-4)73-95-99(87,88)93-69-75(82)70-94-100(89,90)96-74-77(98-81(86)68-64-60-56-52-48-44-39-34-31-27-23-19-15-11-7-3)72-92-79(84)66-62-58-54-50-47-43-41-38-36-33-30-26-22-18-14-10-6-2/h9-11,13-15,20-27,32-36,39-43,48-50,52-54,60,64,75-77,82H,5-8,12,16-19,28-31,37-38,44-47,51,55-59,61-63,65-74H2,1-4H3,(H,87,88)(H,89,90)/b13-9-,14-10-,15-11-,24-20-,25-21-,26-22-,27-23-,35-32-,36-33-,39-34-,42-40-,43-41-,52-48-,53-49-,54-50-,64-60-. The Hall–Kier alpha value is -6.10. The average molecular weight is 1430 g/mol. The van der Waals surface area contributed by atoms with Crippen LogP contribution >= 0.6 is 15.6 Å². The van der Waals surface area contributed by atoms with Crippen molar-refractivity contribution in [3.8, 4) is 0 Å². The lowest BCUT2D eigenvalue weighted by atomic mass is 10.1. The zero-order valence-corrected chi connectivity index (χ0v) is 62.8. The van der Waals surface area contributed by atoms with Gasteiger partial charge in [-0.25, -0.2) is 9.13 Å². The molecule has 0 amide bonds. The summed E-state index contributed by atoms with van der Waals surface area (Å²) in [4.78, 5) is 72.6. The molecule has 5 unspecified atom stereocenters. The Morgan fingerprint density at radius 1 is 0.300 bits per heavy atom. The van der Waals surface area contributed by atoms with Gasteiger partial charge in [0.05, 0.1) is 32.8 Å². The molecule has 0 aromatic rings. The van der Waals surface area contributed by atoms with Crippen LogP contribution in [0, 0.1) is 0 Å². The highest BCUT2D eigenvalue weighted by Gasteiger charge is 2.30. The van der Waals surface area contributed by atoms with E-state index in [0.717, 1.165) is 135 Å². The zero-order chi connectivity index (χ0) is 73.2. The van der Waals surface area contributed by atoms with Gasteiger partial charge in [-0.2, -0.15) is 0 Å². The summed E-state index contributed by atoms with van der Waals surface area (Å²) in [6.07, 6.45) is 86.3. The number of carbonyl (C=O) groups is 4. The van der Waals surface area contributed by atoms with Crippen molar-refractivity contribution in [2.75, 3.05) is 39.6 Å². The SMILES string of the molecule is CC/C=C\C/C=C\C/C=C\C/C=C\C/C=C\CCCC(=O)OCC(COP(=O)(O)OCC(O)COP(=O)(O)OCC(COC(=O)CCC/C=C\C/C=C\C/C=C\C/C=C\C/C=C\CC)OC(=O)CCCCCCC/C=C\CCCC)OC(=O)C/C=C\C/C=C\C/C=C\C/C=C\C/C=C\CC. The summed E-state index contributed by atoms with van der Waals surface area (Å²) in [6, 6.07) is 0. The third kappa shape index (κ3) is 70.3. The molecule has 0 heterocycles. The molecule has 0 spiro atoms. The van der Waals surface area contributed by atoms with Gasteiger partial charge in [-0.3, -0.25) is 37.3 Å². The van der Waals surface area contributed by atoms with E-state index in [2.05, 4.69) is 174 Å². The minimum Gasteiger partial charge on any atom is -0.462 e. The maximum atomic E-state index is 13.1. The predicted molar refractivity (Wildman–Crippen MR) is 408 cm³/mol. The number of carbonyl (C=O) groups excluding carboxylic acids is 4. The normalized spacial score (nSPS) is 15.1. The summed E-state index contributed by atoms with van der Waals surface area (Å²) >= 11 is 0. The molecule has 0 saturated carbocycles. The Bertz CT molecular complexity index is 2670. The maximum Gasteiger partial charge on any atom is 0.472 e. The van der Waals surface area contributed by atoms with E-state index in [-0.39, 0.29) is 25.7 Å². The summed E-state index contributed by atoms with van der Waals surface area (Å²) in [5.41, 5.74) is 0. The van der Waals surface area contributed by atoms with Crippen LogP contribution < -0.4 is 0 Å². The van der Waals surface area contributed by atoms with Gasteiger partial charge in [-0.15, -0.1) is 0 Å². The molecule has 0 bridgehead atoms. The van der Waals surface area contributed by atoms with Crippen LogP contribution in [-0.2, 0) is 65.4 Å². The molecule has 0 rings (SSSR count). The van der Waals surface area contributed by atoms with Crippen LogP contribution in [0.4, 0.5) is 0 Å². The summed E-state index contributed by atoms with van der Waals surface area (Å²) < 4.78 is 68.1. The van der Waals surface area contributed by atoms with Gasteiger partial charge in [0, 0.05) is 19.3 Å². The molecule has 17 nitrogen and oxygen atoms in total. The summed E-state index contributed by atoms with van der Waals surface area (Å²) in [5, 5.41) is 10.6. The molecule has 0 aromatic carbocycles. The predicted octanol–water partition coefficient (Wildman–Crippen LogP) is 21.0. The Morgan fingerprint density at radius 3 is 0.930 bits per heavy atom. The number of allylic oxidation sites excluding steroid dienone is 31. The second-order valence-corrected chi connectivity index (χ2v) is 26.3. The zero-order valence-electron chi connectivity index (χ0n) is 61.0. The number of phosphoric acid groups is 2. The van der Waals surface area contributed by atoms with E-state index < -0.39 is 97.5 Å². The number of hydrogen-bond acceptors (Lipinski definition) is 15. The fraction of sp³-hybridized carbons (Fsp3) is 0.556. The van der Waals surface area contributed by atoms with E-state index in [1.54, 1.807) is 12.2 Å². The maximum absolute atomic E-state index is 13.1. The van der Waals surface area contributed by atoms with Crippen molar-refractivity contribution < 1.29 is 80.2 Å². The molecule has 0 fully saturated rings. The molecule has 0 aliphatic carbocycles. The largest absolute Gasteiger partial charge is 0.472 e. The second-order valence-electron chi connectivity index (χ2n) is 23.4. The smallest absolute Gasteiger partial charge is 0.462 e. The van der Waals surface area contributed by atoms with E-state index in [1.165, 1.54) is 6.42 Å². The van der Waals surface area contributed by atoms with Crippen LogP contribution in [0.1, 0.15) is 233 Å². The number of phosphoric ester groups is 2. The third-order valence-electron chi connectivity index (χ3n) is 14.1. The first kappa shape index (κ1) is 93.9. The van der Waals surface area contributed by atoms with Crippen LogP contribution in [0.2, 0.25) is 0 Å². The van der Waals surface area contributed by atoms with E-state index >= 15 is 0 Å². The van der Waals surface area contributed by atoms with Crippen molar-refractivity contribution in [2.24, 2.45) is 0 Å². The number of esters is 4. The van der Waals surface area contributed by atoms with Gasteiger partial charge in [-0.05, 0) is 148 Å². The summed E-state index contributed by atoms with van der Waals surface area (Å²) in [7, 11) is -10.0. The number of rotatable bonds is 66. The van der Waals surface area contributed by atoms with Crippen molar-refractivity contribution >= 4 is 39.5 Å². The Balaban J connectivity index is 5.53. The highest BCUT2D eigenvalue weighted by atomic mass is 31.2. The van der Waals surface area contributed by atoms with Gasteiger partial charge in [0.25, 0.3) is 0 Å². The topological polar surface area (TPSA) is 237 Å². The van der Waals surface area contributed by atoms with Crippen LogP contribution in [0.5, 0.6) is 0 Å². The van der Waals surface area contributed by atoms with Gasteiger partial charge in [0.1, 0.15) is 19.3 Å². The fourth-order valence-corrected chi connectivity index (χ4v) is 10.2. The van der Waals surface area contributed by atoms with Crippen molar-refractivity contribution in [1.82, 2.24) is 0 Å². The van der Waals surface area contributed by atoms with Gasteiger partial charge >= 0.3 is 39.5 Å². The number of aliphatic hydroxyl groups excluding tert-OH is 1. The van der Waals surface area contributed by atoms with Crippen molar-refractivity contribution in [2.45, 2.75) is 251 Å². The van der Waals surface area contributed by atoms with Gasteiger partial charge in [-0.1, -0.05) is 254 Å². The molecule has 5 atom stereocenters. The monoisotopic (exact) mass is 1430 g/mol. The first-order valence-corrected chi connectivity index (χ1v) is 39.7. The van der Waals surface area contributed by atoms with Gasteiger partial charge < -0.3 is 33.8 Å². The van der Waals surface area contributed by atoms with E-state index in [4.69, 9.17) is 37.0 Å².